The van der Waals surface area contributed by atoms with Crippen LogP contribution in [0.4, 0.5) is 5.82 Å². The van der Waals surface area contributed by atoms with Crippen LogP contribution in [0.15, 0.2) is 53.3 Å². The summed E-state index contributed by atoms with van der Waals surface area (Å²) in [5.41, 5.74) is 0.786. The van der Waals surface area contributed by atoms with Crippen molar-refractivity contribution in [3.05, 3.63) is 64.0 Å². The van der Waals surface area contributed by atoms with E-state index in [-0.39, 0.29) is 11.7 Å². The van der Waals surface area contributed by atoms with Crippen LogP contribution in [-0.2, 0) is 4.79 Å². The van der Waals surface area contributed by atoms with Gasteiger partial charge < -0.3 is 5.32 Å². The smallest absolute Gasteiger partial charge is 0.310 e. The molecule has 0 bridgehead atoms. The van der Waals surface area contributed by atoms with Gasteiger partial charge in [-0.1, -0.05) is 29.8 Å². The van der Waals surface area contributed by atoms with Crippen molar-refractivity contribution in [3.63, 3.8) is 0 Å². The highest BCUT2D eigenvalue weighted by atomic mass is 35.5. The van der Waals surface area contributed by atoms with E-state index in [1.807, 2.05) is 30.3 Å². The minimum atomic E-state index is -0.482. The predicted molar refractivity (Wildman–Crippen MR) is 86.7 cm³/mol. The zero-order valence-corrected chi connectivity index (χ0v) is 12.5. The summed E-state index contributed by atoms with van der Waals surface area (Å²) < 4.78 is 1.46. The second kappa shape index (κ2) is 5.61. The van der Waals surface area contributed by atoms with Crippen molar-refractivity contribution in [1.82, 2.24) is 9.55 Å². The molecule has 1 amide bonds. The third-order valence-corrected chi connectivity index (χ3v) is 3.40. The van der Waals surface area contributed by atoms with Crippen molar-refractivity contribution < 1.29 is 4.79 Å². The van der Waals surface area contributed by atoms with Crippen molar-refractivity contribution in [2.24, 2.45) is 0 Å². The first kappa shape index (κ1) is 14.3. The molecular weight excluding hydrogens is 302 g/mol. The van der Waals surface area contributed by atoms with Crippen LogP contribution in [0.2, 0.25) is 5.02 Å². The van der Waals surface area contributed by atoms with Gasteiger partial charge in [0.05, 0.1) is 11.2 Å². The molecule has 5 nitrogen and oxygen atoms in total. The molecule has 0 aliphatic carbocycles. The quantitative estimate of drug-likeness (QED) is 0.791. The number of carbonyl (C=O) groups excluding carboxylic acids is 1. The molecule has 0 radical (unpaired) electrons. The minimum Gasteiger partial charge on any atom is -0.310 e. The number of carbonyl (C=O) groups is 1. The van der Waals surface area contributed by atoms with Crippen molar-refractivity contribution in [3.8, 4) is 5.69 Å². The third-order valence-electron chi connectivity index (χ3n) is 3.16. The summed E-state index contributed by atoms with van der Waals surface area (Å²) >= 11 is 6.07. The number of aromatic nitrogens is 2. The van der Waals surface area contributed by atoms with Crippen LogP contribution in [0.3, 0.4) is 0 Å². The zero-order chi connectivity index (χ0) is 15.7. The Labute approximate surface area is 131 Å². The number of amides is 1. The second-order valence-corrected chi connectivity index (χ2v) is 5.19. The zero-order valence-electron chi connectivity index (χ0n) is 11.7. The number of fused-ring (bicyclic) bond motifs is 1. The first-order chi connectivity index (χ1) is 10.6. The molecular formula is C16H12ClN3O2. The molecule has 0 atom stereocenters. The molecule has 110 valence electrons. The molecule has 6 heteroatoms. The Morgan fingerprint density at radius 1 is 1.18 bits per heavy atom. The van der Waals surface area contributed by atoms with Gasteiger partial charge >= 0.3 is 5.69 Å². The van der Waals surface area contributed by atoms with Crippen LogP contribution >= 0.6 is 11.6 Å². The molecule has 22 heavy (non-hydrogen) atoms. The number of halogens is 1. The third kappa shape index (κ3) is 2.58. The lowest BCUT2D eigenvalue weighted by atomic mass is 10.2. The molecule has 0 aliphatic heterocycles. The summed E-state index contributed by atoms with van der Waals surface area (Å²) in [6.07, 6.45) is 0. The SMILES string of the molecule is CC(=O)Nc1nc(=O)n(-c2ccccc2)c2cc(Cl)ccc12. The topological polar surface area (TPSA) is 64.0 Å². The Kier molecular flexibility index (Phi) is 3.65. The Morgan fingerprint density at radius 3 is 2.59 bits per heavy atom. The number of benzene rings is 2. The summed E-state index contributed by atoms with van der Waals surface area (Å²) in [5.74, 6) is -0.0584. The van der Waals surface area contributed by atoms with Crippen molar-refractivity contribution in [2.75, 3.05) is 5.32 Å². The molecule has 1 aromatic heterocycles. The number of hydrogen-bond donors (Lipinski definition) is 1. The number of nitrogens with zero attached hydrogens (tertiary/aromatic N) is 2. The normalized spacial score (nSPS) is 10.6. The van der Waals surface area contributed by atoms with Crippen LogP contribution in [0.25, 0.3) is 16.6 Å². The van der Waals surface area contributed by atoms with Gasteiger partial charge in [-0.15, -0.1) is 0 Å². The minimum absolute atomic E-state index is 0.233. The lowest BCUT2D eigenvalue weighted by Crippen LogP contribution is -2.24. The van der Waals surface area contributed by atoms with Gasteiger partial charge in [0, 0.05) is 17.3 Å². The van der Waals surface area contributed by atoms with Gasteiger partial charge in [-0.2, -0.15) is 4.98 Å². The fraction of sp³-hybridized carbons (Fsp3) is 0.0625. The maximum Gasteiger partial charge on any atom is 0.354 e. The summed E-state index contributed by atoms with van der Waals surface area (Å²) in [4.78, 5) is 27.7. The highest BCUT2D eigenvalue weighted by Gasteiger charge is 2.13. The monoisotopic (exact) mass is 313 g/mol. The molecule has 3 rings (SSSR count). The molecule has 1 N–H and O–H groups in total. The molecule has 0 saturated heterocycles. The predicted octanol–water partition coefficient (Wildman–Crippen LogP) is 3.00. The Balaban J connectivity index is 2.39. The van der Waals surface area contributed by atoms with Crippen LogP contribution in [-0.4, -0.2) is 15.5 Å². The number of nitrogens with one attached hydrogen (secondary N) is 1. The Morgan fingerprint density at radius 2 is 1.91 bits per heavy atom. The summed E-state index contributed by atoms with van der Waals surface area (Å²) in [7, 11) is 0. The van der Waals surface area contributed by atoms with Gasteiger partial charge in [0.1, 0.15) is 5.82 Å². The molecule has 0 fully saturated rings. The van der Waals surface area contributed by atoms with Crippen LogP contribution in [0.5, 0.6) is 0 Å². The molecule has 3 aromatic rings. The molecule has 0 unspecified atom stereocenters. The molecule has 1 heterocycles. The van der Waals surface area contributed by atoms with Gasteiger partial charge in [0.25, 0.3) is 0 Å². The summed E-state index contributed by atoms with van der Waals surface area (Å²) in [5, 5.41) is 3.72. The average molecular weight is 314 g/mol. The first-order valence-electron chi connectivity index (χ1n) is 6.61. The van der Waals surface area contributed by atoms with E-state index in [9.17, 15) is 9.59 Å². The molecule has 2 aromatic carbocycles. The fourth-order valence-electron chi connectivity index (χ4n) is 2.29. The van der Waals surface area contributed by atoms with Crippen LogP contribution in [0, 0.1) is 0 Å². The van der Waals surface area contributed by atoms with Gasteiger partial charge in [0.15, 0.2) is 0 Å². The highest BCUT2D eigenvalue weighted by molar-refractivity contribution is 6.31. The standard InChI is InChI=1S/C16H12ClN3O2/c1-10(21)18-15-13-8-7-11(17)9-14(13)20(16(22)19-15)12-5-3-2-4-6-12/h2-9H,1H3,(H,18,19,21,22). The number of rotatable bonds is 2. The van der Waals surface area contributed by atoms with E-state index in [4.69, 9.17) is 11.6 Å². The highest BCUT2D eigenvalue weighted by Crippen LogP contribution is 2.25. The molecule has 0 spiro atoms. The first-order valence-corrected chi connectivity index (χ1v) is 6.99. The average Bonchev–Trinajstić information content (AvgIpc) is 2.47. The van der Waals surface area contributed by atoms with Gasteiger partial charge in [0.2, 0.25) is 5.91 Å². The maximum absolute atomic E-state index is 12.4. The van der Waals surface area contributed by atoms with E-state index < -0.39 is 5.69 Å². The number of anilines is 1. The lowest BCUT2D eigenvalue weighted by Gasteiger charge is -2.13. The Bertz CT molecular complexity index is 920. The molecule has 0 saturated carbocycles. The number of hydrogen-bond acceptors (Lipinski definition) is 3. The van der Waals surface area contributed by atoms with Crippen molar-refractivity contribution >= 4 is 34.2 Å². The second-order valence-electron chi connectivity index (χ2n) is 4.76. The van der Waals surface area contributed by atoms with Crippen LogP contribution < -0.4 is 11.0 Å². The van der Waals surface area contributed by atoms with E-state index in [0.29, 0.717) is 21.6 Å². The van der Waals surface area contributed by atoms with E-state index in [1.54, 1.807) is 18.2 Å². The van der Waals surface area contributed by atoms with Gasteiger partial charge in [-0.05, 0) is 30.3 Å². The Hall–Kier alpha value is -2.66. The lowest BCUT2D eigenvalue weighted by molar-refractivity contribution is -0.114. The molecule has 0 aliphatic rings. The number of para-hydroxylation sites is 1. The van der Waals surface area contributed by atoms with Gasteiger partial charge in [-0.3, -0.25) is 9.36 Å². The van der Waals surface area contributed by atoms with E-state index in [1.165, 1.54) is 11.5 Å². The van der Waals surface area contributed by atoms with E-state index >= 15 is 0 Å². The van der Waals surface area contributed by atoms with Crippen molar-refractivity contribution in [2.45, 2.75) is 6.92 Å². The maximum atomic E-state index is 12.4. The summed E-state index contributed by atoms with van der Waals surface area (Å²) in [6.45, 7) is 1.37. The largest absolute Gasteiger partial charge is 0.354 e. The van der Waals surface area contributed by atoms with E-state index in [2.05, 4.69) is 10.3 Å². The fourth-order valence-corrected chi connectivity index (χ4v) is 2.45. The van der Waals surface area contributed by atoms with Crippen LogP contribution in [0.1, 0.15) is 6.92 Å². The van der Waals surface area contributed by atoms with Crippen molar-refractivity contribution in [1.29, 1.82) is 0 Å². The van der Waals surface area contributed by atoms with Gasteiger partial charge in [-0.25, -0.2) is 4.79 Å². The van der Waals surface area contributed by atoms with E-state index in [0.717, 1.165) is 0 Å². The summed E-state index contributed by atoms with van der Waals surface area (Å²) in [6, 6.07) is 14.2.